The average Bonchev–Trinajstić information content (AvgIpc) is 3.42. The molecule has 1 aromatic heterocycles. The van der Waals surface area contributed by atoms with Gasteiger partial charge in [-0.05, 0) is 30.9 Å². The first-order valence-electron chi connectivity index (χ1n) is 10.7. The Kier molecular flexibility index (Phi) is 6.81. The van der Waals surface area contributed by atoms with Crippen molar-refractivity contribution in [1.82, 2.24) is 19.1 Å². The van der Waals surface area contributed by atoms with Gasteiger partial charge in [-0.15, -0.1) is 10.2 Å². The third-order valence-electron chi connectivity index (χ3n) is 5.60. The lowest BCUT2D eigenvalue weighted by Gasteiger charge is -2.26. The largest absolute Gasteiger partial charge is 0.379 e. The first-order valence-corrected chi connectivity index (χ1v) is 13.2. The van der Waals surface area contributed by atoms with Crippen molar-refractivity contribution < 1.29 is 13.2 Å². The fraction of sp³-hybridized carbons (Fsp3) is 0.619. The van der Waals surface area contributed by atoms with Crippen molar-refractivity contribution in [3.05, 3.63) is 24.3 Å². The van der Waals surface area contributed by atoms with Crippen molar-refractivity contribution in [3.63, 3.8) is 0 Å². The van der Waals surface area contributed by atoms with Crippen LogP contribution in [0.3, 0.4) is 0 Å². The SMILES string of the molecule is CC(C)CSc1nnc(-c2cccc(S(=O)(=O)N3CCOCC3)c2)n1C1CCCC1. The lowest BCUT2D eigenvalue weighted by atomic mass is 10.2. The fourth-order valence-corrected chi connectivity index (χ4v) is 6.45. The maximum absolute atomic E-state index is 13.1. The van der Waals surface area contributed by atoms with Crippen molar-refractivity contribution in [3.8, 4) is 11.4 Å². The van der Waals surface area contributed by atoms with Gasteiger partial charge in [-0.1, -0.05) is 50.6 Å². The van der Waals surface area contributed by atoms with Crippen molar-refractivity contribution >= 4 is 21.8 Å². The Morgan fingerprint density at radius 3 is 2.60 bits per heavy atom. The molecule has 1 aliphatic carbocycles. The Hall–Kier alpha value is -1.42. The van der Waals surface area contributed by atoms with Crippen molar-refractivity contribution in [2.75, 3.05) is 32.1 Å². The number of hydrogen-bond acceptors (Lipinski definition) is 6. The predicted octanol–water partition coefficient (Wildman–Crippen LogP) is 3.83. The van der Waals surface area contributed by atoms with Gasteiger partial charge in [0.2, 0.25) is 10.0 Å². The molecule has 30 heavy (non-hydrogen) atoms. The number of nitrogens with zero attached hydrogens (tertiary/aromatic N) is 4. The molecule has 1 aromatic carbocycles. The fourth-order valence-electron chi connectivity index (χ4n) is 4.04. The predicted molar refractivity (Wildman–Crippen MR) is 118 cm³/mol. The normalized spacial score (nSPS) is 19.0. The highest BCUT2D eigenvalue weighted by atomic mass is 32.2. The van der Waals surface area contributed by atoms with Gasteiger partial charge in [0.05, 0.1) is 18.1 Å². The molecule has 2 aromatic rings. The van der Waals surface area contributed by atoms with Crippen LogP contribution in [-0.4, -0.2) is 59.5 Å². The highest BCUT2D eigenvalue weighted by Crippen LogP contribution is 2.37. The summed E-state index contributed by atoms with van der Waals surface area (Å²) >= 11 is 1.74. The summed E-state index contributed by atoms with van der Waals surface area (Å²) in [5.41, 5.74) is 0.806. The van der Waals surface area contributed by atoms with Crippen molar-refractivity contribution in [1.29, 1.82) is 0 Å². The highest BCUT2D eigenvalue weighted by Gasteiger charge is 2.28. The minimum Gasteiger partial charge on any atom is -0.379 e. The van der Waals surface area contributed by atoms with Gasteiger partial charge in [0.15, 0.2) is 11.0 Å². The van der Waals surface area contributed by atoms with Crippen LogP contribution in [0.5, 0.6) is 0 Å². The summed E-state index contributed by atoms with van der Waals surface area (Å²) in [4.78, 5) is 0.305. The van der Waals surface area contributed by atoms with E-state index in [1.807, 2.05) is 6.07 Å². The summed E-state index contributed by atoms with van der Waals surface area (Å²) in [6.45, 7) is 6.05. The van der Waals surface area contributed by atoms with Gasteiger partial charge in [0.1, 0.15) is 0 Å². The topological polar surface area (TPSA) is 77.3 Å². The summed E-state index contributed by atoms with van der Waals surface area (Å²) in [5, 5.41) is 9.94. The monoisotopic (exact) mass is 450 g/mol. The van der Waals surface area contributed by atoms with E-state index in [2.05, 4.69) is 28.6 Å². The maximum atomic E-state index is 13.1. The van der Waals surface area contributed by atoms with Gasteiger partial charge in [0.25, 0.3) is 0 Å². The molecule has 164 valence electrons. The van der Waals surface area contributed by atoms with Gasteiger partial charge >= 0.3 is 0 Å². The second kappa shape index (κ2) is 9.38. The third kappa shape index (κ3) is 4.59. The van der Waals surface area contributed by atoms with E-state index in [-0.39, 0.29) is 0 Å². The van der Waals surface area contributed by atoms with Crippen LogP contribution in [-0.2, 0) is 14.8 Å². The summed E-state index contributed by atoms with van der Waals surface area (Å²) < 4.78 is 35.3. The molecule has 0 bridgehead atoms. The molecule has 0 N–H and O–H groups in total. The Morgan fingerprint density at radius 2 is 1.90 bits per heavy atom. The molecule has 2 aliphatic rings. The molecule has 0 amide bonds. The second-order valence-corrected chi connectivity index (χ2v) is 11.3. The van der Waals surface area contributed by atoms with E-state index in [0.29, 0.717) is 43.2 Å². The summed E-state index contributed by atoms with van der Waals surface area (Å²) in [7, 11) is -3.55. The lowest BCUT2D eigenvalue weighted by molar-refractivity contribution is 0.0730. The maximum Gasteiger partial charge on any atom is 0.243 e. The van der Waals surface area contributed by atoms with E-state index in [4.69, 9.17) is 4.74 Å². The zero-order valence-corrected chi connectivity index (χ0v) is 19.3. The Morgan fingerprint density at radius 1 is 1.17 bits per heavy atom. The molecule has 1 aliphatic heterocycles. The molecule has 0 radical (unpaired) electrons. The van der Waals surface area contributed by atoms with Crippen LogP contribution in [0.15, 0.2) is 34.3 Å². The molecular weight excluding hydrogens is 420 g/mol. The molecule has 2 fully saturated rings. The van der Waals surface area contributed by atoms with E-state index in [9.17, 15) is 8.42 Å². The summed E-state index contributed by atoms with van der Waals surface area (Å²) in [5.74, 6) is 2.32. The van der Waals surface area contributed by atoms with E-state index in [1.54, 1.807) is 30.0 Å². The van der Waals surface area contributed by atoms with Gasteiger partial charge in [-0.25, -0.2) is 8.42 Å². The van der Waals surface area contributed by atoms with Gasteiger partial charge in [-0.2, -0.15) is 4.31 Å². The lowest BCUT2D eigenvalue weighted by Crippen LogP contribution is -2.40. The van der Waals surface area contributed by atoms with Crippen LogP contribution in [0.25, 0.3) is 11.4 Å². The smallest absolute Gasteiger partial charge is 0.243 e. The third-order valence-corrected chi connectivity index (χ3v) is 8.86. The van der Waals surface area contributed by atoms with Gasteiger partial charge in [0, 0.05) is 30.4 Å². The molecule has 4 rings (SSSR count). The molecule has 0 atom stereocenters. The molecular formula is C21H30N4O3S2. The number of thioether (sulfide) groups is 1. The first kappa shape index (κ1) is 21.8. The average molecular weight is 451 g/mol. The van der Waals surface area contributed by atoms with Crippen molar-refractivity contribution in [2.24, 2.45) is 5.92 Å². The van der Waals surface area contributed by atoms with Gasteiger partial charge < -0.3 is 4.74 Å². The Balaban J connectivity index is 1.69. The first-order chi connectivity index (χ1) is 14.5. The van der Waals surface area contributed by atoms with E-state index < -0.39 is 10.0 Å². The summed E-state index contributed by atoms with van der Waals surface area (Å²) in [6.07, 6.45) is 4.65. The molecule has 2 heterocycles. The highest BCUT2D eigenvalue weighted by molar-refractivity contribution is 7.99. The van der Waals surface area contributed by atoms with Crippen LogP contribution < -0.4 is 0 Å². The van der Waals surface area contributed by atoms with E-state index >= 15 is 0 Å². The minimum absolute atomic E-state index is 0.305. The molecule has 1 saturated carbocycles. The number of rotatable bonds is 7. The molecule has 0 spiro atoms. The standard InChI is InChI=1S/C21H30N4O3S2/c1-16(2)15-29-21-23-22-20(25(21)18-7-3-4-8-18)17-6-5-9-19(14-17)30(26,27)24-10-12-28-13-11-24/h5-6,9,14,16,18H,3-4,7-8,10-13,15H2,1-2H3. The molecule has 1 saturated heterocycles. The van der Waals surface area contributed by atoms with Gasteiger partial charge in [-0.3, -0.25) is 4.57 Å². The zero-order valence-electron chi connectivity index (χ0n) is 17.7. The molecule has 9 heteroatoms. The van der Waals surface area contributed by atoms with Crippen LogP contribution in [0.1, 0.15) is 45.6 Å². The molecule has 0 unspecified atom stereocenters. The zero-order chi connectivity index (χ0) is 21.1. The Labute approximate surface area is 183 Å². The number of sulfonamides is 1. The molecule has 7 nitrogen and oxygen atoms in total. The minimum atomic E-state index is -3.55. The number of aromatic nitrogens is 3. The van der Waals surface area contributed by atoms with Crippen LogP contribution in [0.4, 0.5) is 0 Å². The number of benzene rings is 1. The number of hydrogen-bond donors (Lipinski definition) is 0. The summed E-state index contributed by atoms with van der Waals surface area (Å²) in [6, 6.07) is 7.53. The van der Waals surface area contributed by atoms with E-state index in [1.165, 1.54) is 17.1 Å². The van der Waals surface area contributed by atoms with E-state index in [0.717, 1.165) is 35.1 Å². The number of morpholine rings is 1. The quantitative estimate of drug-likeness (QED) is 0.597. The van der Waals surface area contributed by atoms with Crippen LogP contribution in [0, 0.1) is 5.92 Å². The van der Waals surface area contributed by atoms with Crippen LogP contribution in [0.2, 0.25) is 0 Å². The number of ether oxygens (including phenoxy) is 1. The van der Waals surface area contributed by atoms with Crippen molar-refractivity contribution in [2.45, 2.75) is 55.6 Å². The van der Waals surface area contributed by atoms with Crippen LogP contribution >= 0.6 is 11.8 Å². The Bertz CT molecular complexity index is 962. The second-order valence-electron chi connectivity index (χ2n) is 8.36.